The molecule has 0 aromatic carbocycles. The molecule has 0 amide bonds. The minimum absolute atomic E-state index is 0.0499. The lowest BCUT2D eigenvalue weighted by molar-refractivity contribution is 0.0471. The minimum Gasteiger partial charge on any atom is -0.384 e. The lowest BCUT2D eigenvalue weighted by Gasteiger charge is -2.26. The van der Waals surface area contributed by atoms with Gasteiger partial charge in [-0.25, -0.2) is 0 Å². The largest absolute Gasteiger partial charge is 0.384 e. The predicted molar refractivity (Wildman–Crippen MR) is 61.4 cm³/mol. The molecule has 0 bridgehead atoms. The van der Waals surface area contributed by atoms with E-state index < -0.39 is 0 Å². The van der Waals surface area contributed by atoms with Crippen molar-refractivity contribution in [2.45, 2.75) is 53.1 Å². The smallest absolute Gasteiger partial charge is 0.109 e. The molecule has 1 heterocycles. The van der Waals surface area contributed by atoms with E-state index in [1.165, 1.54) is 0 Å². The first-order valence-corrected chi connectivity index (χ1v) is 5.84. The summed E-state index contributed by atoms with van der Waals surface area (Å²) in [5.74, 6) is 2.49. The van der Waals surface area contributed by atoms with E-state index in [-0.39, 0.29) is 6.00 Å². The van der Waals surface area contributed by atoms with Gasteiger partial charge in [0, 0.05) is 6.00 Å². The molecule has 0 saturated carbocycles. The molecule has 1 fully saturated rings. The van der Waals surface area contributed by atoms with E-state index >= 15 is 0 Å². The van der Waals surface area contributed by atoms with E-state index in [0.717, 1.165) is 6.42 Å². The predicted octanol–water partition coefficient (Wildman–Crippen LogP) is 2.83. The van der Waals surface area contributed by atoms with Gasteiger partial charge < -0.3 is 4.74 Å². The van der Waals surface area contributed by atoms with Crippen LogP contribution in [0.15, 0.2) is 0 Å². The van der Waals surface area contributed by atoms with Gasteiger partial charge in [0.15, 0.2) is 0 Å². The van der Waals surface area contributed by atoms with Crippen molar-refractivity contribution in [3.8, 4) is 0 Å². The summed E-state index contributed by atoms with van der Waals surface area (Å²) in [5.41, 5.74) is 0. The highest BCUT2D eigenvalue weighted by molar-refractivity contribution is 6.11. The number of ether oxygens (including phenoxy) is 1. The van der Waals surface area contributed by atoms with Gasteiger partial charge in [-0.1, -0.05) is 34.6 Å². The fraction of sp³-hybridized carbons (Fsp3) is 1.00. The van der Waals surface area contributed by atoms with Crippen LogP contribution in [0.5, 0.6) is 0 Å². The Morgan fingerprint density at radius 3 is 2.21 bits per heavy atom. The van der Waals surface area contributed by atoms with Crippen molar-refractivity contribution in [2.24, 2.45) is 23.7 Å². The summed E-state index contributed by atoms with van der Waals surface area (Å²) < 4.78 is 5.84. The maximum absolute atomic E-state index is 5.95. The van der Waals surface area contributed by atoms with E-state index in [1.54, 1.807) is 0 Å². The van der Waals surface area contributed by atoms with E-state index in [2.05, 4.69) is 34.6 Å². The van der Waals surface area contributed by atoms with Gasteiger partial charge in [0.05, 0.1) is 6.10 Å². The second-order valence-corrected chi connectivity index (χ2v) is 5.45. The molecular weight excluding hydrogens is 171 g/mol. The SMILES string of the molecule is [B]C1OC(CC(C)C)C(C(C)C)C1C. The normalized spacial score (nSPS) is 38.5. The quantitative estimate of drug-likeness (QED) is 0.627. The third-order valence-corrected chi connectivity index (χ3v) is 3.36. The molecule has 0 aromatic heterocycles. The third kappa shape index (κ3) is 2.53. The van der Waals surface area contributed by atoms with Crippen molar-refractivity contribution in [2.75, 3.05) is 0 Å². The summed E-state index contributed by atoms with van der Waals surface area (Å²) >= 11 is 0. The summed E-state index contributed by atoms with van der Waals surface area (Å²) in [7, 11) is 5.95. The Hall–Kier alpha value is 0.0249. The first-order chi connectivity index (χ1) is 6.43. The van der Waals surface area contributed by atoms with Crippen molar-refractivity contribution < 1.29 is 4.74 Å². The average Bonchev–Trinajstić information content (AvgIpc) is 2.26. The van der Waals surface area contributed by atoms with Gasteiger partial charge in [0.1, 0.15) is 7.85 Å². The molecule has 0 spiro atoms. The van der Waals surface area contributed by atoms with Crippen LogP contribution in [0.25, 0.3) is 0 Å². The van der Waals surface area contributed by atoms with E-state index in [4.69, 9.17) is 12.6 Å². The van der Waals surface area contributed by atoms with E-state index in [1.807, 2.05) is 0 Å². The molecular formula is C12H23BO. The Labute approximate surface area is 90.0 Å². The van der Waals surface area contributed by atoms with Gasteiger partial charge in [-0.3, -0.25) is 0 Å². The Morgan fingerprint density at radius 1 is 1.21 bits per heavy atom. The summed E-state index contributed by atoms with van der Waals surface area (Å²) in [6.07, 6.45) is 1.51. The van der Waals surface area contributed by atoms with Crippen LogP contribution in [0.3, 0.4) is 0 Å². The number of hydrogen-bond acceptors (Lipinski definition) is 1. The summed E-state index contributed by atoms with van der Waals surface area (Å²) in [5, 5.41) is 0. The maximum Gasteiger partial charge on any atom is 0.109 e. The van der Waals surface area contributed by atoms with Crippen molar-refractivity contribution in [3.63, 3.8) is 0 Å². The first kappa shape index (κ1) is 12.1. The molecule has 0 aromatic rings. The second kappa shape index (κ2) is 4.70. The molecule has 0 aliphatic carbocycles. The highest BCUT2D eigenvalue weighted by Gasteiger charge is 2.40. The molecule has 1 nitrogen and oxygen atoms in total. The summed E-state index contributed by atoms with van der Waals surface area (Å²) in [6, 6.07) is -0.0499. The Balaban J connectivity index is 2.65. The van der Waals surface area contributed by atoms with Crippen molar-refractivity contribution in [1.82, 2.24) is 0 Å². The van der Waals surface area contributed by atoms with Crippen LogP contribution in [0.4, 0.5) is 0 Å². The Morgan fingerprint density at radius 2 is 1.79 bits per heavy atom. The van der Waals surface area contributed by atoms with Crippen LogP contribution in [0, 0.1) is 23.7 Å². The molecule has 2 radical (unpaired) electrons. The lowest BCUT2D eigenvalue weighted by Crippen LogP contribution is -2.26. The molecule has 4 unspecified atom stereocenters. The zero-order valence-corrected chi connectivity index (χ0v) is 10.2. The fourth-order valence-corrected chi connectivity index (χ4v) is 2.69. The zero-order valence-electron chi connectivity index (χ0n) is 10.2. The third-order valence-electron chi connectivity index (χ3n) is 3.36. The molecule has 14 heavy (non-hydrogen) atoms. The Bertz CT molecular complexity index is 177. The Kier molecular flexibility index (Phi) is 4.06. The van der Waals surface area contributed by atoms with Crippen LogP contribution in [-0.2, 0) is 4.74 Å². The molecule has 80 valence electrons. The van der Waals surface area contributed by atoms with Gasteiger partial charge in [0.2, 0.25) is 0 Å². The molecule has 1 saturated heterocycles. The highest BCUT2D eigenvalue weighted by Crippen LogP contribution is 2.38. The number of hydrogen-bond donors (Lipinski definition) is 0. The molecule has 4 atom stereocenters. The standard InChI is InChI=1S/C12H23BO/c1-7(2)6-10-11(8(3)4)9(5)12(13)14-10/h7-12H,6H2,1-5H3. The molecule has 1 aliphatic heterocycles. The molecule has 2 heteroatoms. The van der Waals surface area contributed by atoms with Gasteiger partial charge in [-0.15, -0.1) is 0 Å². The first-order valence-electron chi connectivity index (χ1n) is 5.84. The van der Waals surface area contributed by atoms with Crippen molar-refractivity contribution in [3.05, 3.63) is 0 Å². The van der Waals surface area contributed by atoms with Crippen molar-refractivity contribution in [1.29, 1.82) is 0 Å². The average molecular weight is 194 g/mol. The lowest BCUT2D eigenvalue weighted by atomic mass is 9.74. The zero-order chi connectivity index (χ0) is 10.9. The van der Waals surface area contributed by atoms with Crippen LogP contribution in [-0.4, -0.2) is 20.0 Å². The van der Waals surface area contributed by atoms with Crippen molar-refractivity contribution >= 4 is 7.85 Å². The van der Waals surface area contributed by atoms with Crippen LogP contribution < -0.4 is 0 Å². The second-order valence-electron chi connectivity index (χ2n) is 5.45. The molecule has 1 aliphatic rings. The van der Waals surface area contributed by atoms with Crippen LogP contribution in [0.1, 0.15) is 41.0 Å². The highest BCUT2D eigenvalue weighted by atomic mass is 16.5. The van der Waals surface area contributed by atoms with Gasteiger partial charge in [0.25, 0.3) is 0 Å². The summed E-state index contributed by atoms with van der Waals surface area (Å²) in [6.45, 7) is 11.3. The number of rotatable bonds is 3. The van der Waals surface area contributed by atoms with Gasteiger partial charge in [-0.2, -0.15) is 0 Å². The fourth-order valence-electron chi connectivity index (χ4n) is 2.69. The van der Waals surface area contributed by atoms with Crippen LogP contribution in [0.2, 0.25) is 0 Å². The maximum atomic E-state index is 5.95. The molecule has 0 N–H and O–H groups in total. The topological polar surface area (TPSA) is 9.23 Å². The van der Waals surface area contributed by atoms with Gasteiger partial charge in [-0.05, 0) is 30.1 Å². The van der Waals surface area contributed by atoms with Crippen LogP contribution >= 0.6 is 0 Å². The monoisotopic (exact) mass is 194 g/mol. The minimum atomic E-state index is -0.0499. The molecule has 1 rings (SSSR count). The summed E-state index contributed by atoms with van der Waals surface area (Å²) in [4.78, 5) is 0. The van der Waals surface area contributed by atoms with Gasteiger partial charge >= 0.3 is 0 Å². The van der Waals surface area contributed by atoms with E-state index in [9.17, 15) is 0 Å². The van der Waals surface area contributed by atoms with E-state index in [0.29, 0.717) is 29.8 Å².